The zero-order valence-corrected chi connectivity index (χ0v) is 15.7. The van der Waals surface area contributed by atoms with E-state index in [0.29, 0.717) is 19.5 Å². The first-order valence-corrected chi connectivity index (χ1v) is 9.97. The summed E-state index contributed by atoms with van der Waals surface area (Å²) in [6.45, 7) is 1.05. The van der Waals surface area contributed by atoms with Crippen LogP contribution in [0.1, 0.15) is 52.5 Å². The summed E-state index contributed by atoms with van der Waals surface area (Å²) in [5.74, 6) is 0.0271. The van der Waals surface area contributed by atoms with Crippen molar-refractivity contribution in [1.29, 1.82) is 0 Å². The number of aryl methyl sites for hydroxylation is 1. The van der Waals surface area contributed by atoms with Crippen molar-refractivity contribution in [3.63, 3.8) is 0 Å². The van der Waals surface area contributed by atoms with E-state index >= 15 is 0 Å². The lowest BCUT2D eigenvalue weighted by Crippen LogP contribution is -2.34. The molecule has 1 atom stereocenters. The van der Waals surface area contributed by atoms with Crippen LogP contribution in [0.3, 0.4) is 0 Å². The fourth-order valence-corrected chi connectivity index (χ4v) is 4.56. The number of rotatable bonds is 4. The summed E-state index contributed by atoms with van der Waals surface area (Å²) < 4.78 is 0. The molecule has 0 saturated carbocycles. The molecule has 0 radical (unpaired) electrons. The number of amides is 2. The third-order valence-corrected chi connectivity index (χ3v) is 5.95. The zero-order valence-electron chi connectivity index (χ0n) is 15.7. The number of fused-ring (bicyclic) bond motifs is 4. The van der Waals surface area contributed by atoms with Gasteiger partial charge in [-0.15, -0.1) is 0 Å². The lowest BCUT2D eigenvalue weighted by atomic mass is 9.91. The zero-order chi connectivity index (χ0) is 19.1. The number of carbonyl (C=O) groups is 2. The molecule has 1 aliphatic carbocycles. The van der Waals surface area contributed by atoms with Gasteiger partial charge in [-0.2, -0.15) is 0 Å². The third kappa shape index (κ3) is 2.87. The summed E-state index contributed by atoms with van der Waals surface area (Å²) in [6, 6.07) is 16.0. The van der Waals surface area contributed by atoms with Crippen LogP contribution >= 0.6 is 0 Å². The average Bonchev–Trinajstić information content (AvgIpc) is 3.25. The minimum atomic E-state index is 0.000243. The SMILES string of the molecule is O=C(CCN1Cc2ccccc2C1=O)N[C@H]1CCCc2c1[nH]c1ccccc21. The molecular weight excluding hydrogens is 350 g/mol. The van der Waals surface area contributed by atoms with Crippen molar-refractivity contribution in [2.75, 3.05) is 6.54 Å². The van der Waals surface area contributed by atoms with Crippen molar-refractivity contribution in [3.8, 4) is 0 Å². The van der Waals surface area contributed by atoms with Gasteiger partial charge in [-0.05, 0) is 42.5 Å². The molecule has 28 heavy (non-hydrogen) atoms. The van der Waals surface area contributed by atoms with Crippen LogP contribution in [0.4, 0.5) is 0 Å². The van der Waals surface area contributed by atoms with Gasteiger partial charge in [-0.1, -0.05) is 36.4 Å². The number of hydrogen-bond acceptors (Lipinski definition) is 2. The smallest absolute Gasteiger partial charge is 0.254 e. The second-order valence-electron chi connectivity index (χ2n) is 7.71. The van der Waals surface area contributed by atoms with E-state index in [4.69, 9.17) is 0 Å². The topological polar surface area (TPSA) is 65.2 Å². The maximum absolute atomic E-state index is 12.6. The molecule has 0 unspecified atom stereocenters. The molecule has 5 rings (SSSR count). The molecule has 2 heterocycles. The minimum Gasteiger partial charge on any atom is -0.356 e. The third-order valence-electron chi connectivity index (χ3n) is 5.95. The van der Waals surface area contributed by atoms with Crippen molar-refractivity contribution in [2.45, 2.75) is 38.3 Å². The summed E-state index contributed by atoms with van der Waals surface area (Å²) in [5.41, 5.74) is 5.41. The molecule has 3 aromatic rings. The number of aromatic amines is 1. The number of aromatic nitrogens is 1. The van der Waals surface area contributed by atoms with Crippen LogP contribution in [0.15, 0.2) is 48.5 Å². The molecule has 142 valence electrons. The van der Waals surface area contributed by atoms with Gasteiger partial charge in [-0.25, -0.2) is 0 Å². The number of carbonyl (C=O) groups excluding carboxylic acids is 2. The highest BCUT2D eigenvalue weighted by Gasteiger charge is 2.28. The Kier molecular flexibility index (Phi) is 4.15. The maximum atomic E-state index is 12.6. The fourth-order valence-electron chi connectivity index (χ4n) is 4.56. The summed E-state index contributed by atoms with van der Waals surface area (Å²) >= 11 is 0. The number of nitrogens with one attached hydrogen (secondary N) is 2. The van der Waals surface area contributed by atoms with E-state index < -0.39 is 0 Å². The molecular formula is C23H23N3O2. The van der Waals surface area contributed by atoms with Crippen molar-refractivity contribution in [3.05, 3.63) is 70.9 Å². The van der Waals surface area contributed by atoms with Gasteiger partial charge in [0.25, 0.3) is 5.91 Å². The monoisotopic (exact) mass is 373 g/mol. The highest BCUT2D eigenvalue weighted by molar-refractivity contribution is 5.98. The fraction of sp³-hybridized carbons (Fsp3) is 0.304. The Labute approximate surface area is 163 Å². The maximum Gasteiger partial charge on any atom is 0.254 e. The Bertz CT molecular complexity index is 1070. The van der Waals surface area contributed by atoms with Gasteiger partial charge in [0.1, 0.15) is 0 Å². The minimum absolute atomic E-state index is 0.000243. The Morgan fingerprint density at radius 1 is 1.14 bits per heavy atom. The first-order valence-electron chi connectivity index (χ1n) is 9.97. The molecule has 2 aromatic carbocycles. The van der Waals surface area contributed by atoms with E-state index in [2.05, 4.69) is 28.5 Å². The van der Waals surface area contributed by atoms with Crippen LogP contribution in [0.25, 0.3) is 10.9 Å². The van der Waals surface area contributed by atoms with E-state index in [1.54, 1.807) is 4.90 Å². The van der Waals surface area contributed by atoms with E-state index in [9.17, 15) is 9.59 Å². The summed E-state index contributed by atoms with van der Waals surface area (Å²) in [6.07, 6.45) is 3.39. The van der Waals surface area contributed by atoms with Crippen LogP contribution in [-0.2, 0) is 17.8 Å². The number of para-hydroxylation sites is 1. The van der Waals surface area contributed by atoms with Crippen LogP contribution < -0.4 is 5.32 Å². The summed E-state index contributed by atoms with van der Waals surface area (Å²) in [4.78, 5) is 30.3. The molecule has 1 aromatic heterocycles. The first kappa shape index (κ1) is 17.0. The Balaban J connectivity index is 1.25. The predicted molar refractivity (Wildman–Crippen MR) is 108 cm³/mol. The van der Waals surface area contributed by atoms with Gasteiger partial charge >= 0.3 is 0 Å². The molecule has 0 saturated heterocycles. The molecule has 1 aliphatic heterocycles. The predicted octanol–water partition coefficient (Wildman–Crippen LogP) is 3.71. The van der Waals surface area contributed by atoms with Gasteiger partial charge in [0.15, 0.2) is 0 Å². The van der Waals surface area contributed by atoms with Crippen LogP contribution in [0, 0.1) is 0 Å². The number of nitrogens with zero attached hydrogens (tertiary/aromatic N) is 1. The van der Waals surface area contributed by atoms with Gasteiger partial charge in [-0.3, -0.25) is 9.59 Å². The highest BCUT2D eigenvalue weighted by Crippen LogP contribution is 2.34. The lowest BCUT2D eigenvalue weighted by Gasteiger charge is -2.24. The Morgan fingerprint density at radius 3 is 2.86 bits per heavy atom. The van der Waals surface area contributed by atoms with Gasteiger partial charge in [0, 0.05) is 41.7 Å². The molecule has 5 heteroatoms. The molecule has 5 nitrogen and oxygen atoms in total. The van der Waals surface area contributed by atoms with Crippen LogP contribution in [0.2, 0.25) is 0 Å². The van der Waals surface area contributed by atoms with E-state index in [-0.39, 0.29) is 17.9 Å². The van der Waals surface area contributed by atoms with Gasteiger partial charge < -0.3 is 15.2 Å². The van der Waals surface area contributed by atoms with Crippen molar-refractivity contribution >= 4 is 22.7 Å². The quantitative estimate of drug-likeness (QED) is 0.732. The highest BCUT2D eigenvalue weighted by atomic mass is 16.2. The van der Waals surface area contributed by atoms with Crippen LogP contribution in [-0.4, -0.2) is 28.2 Å². The largest absolute Gasteiger partial charge is 0.356 e. The molecule has 2 aliphatic rings. The molecule has 0 fully saturated rings. The Morgan fingerprint density at radius 2 is 1.96 bits per heavy atom. The molecule has 2 amide bonds. The Hall–Kier alpha value is -3.08. The molecule has 0 spiro atoms. The number of hydrogen-bond donors (Lipinski definition) is 2. The van der Waals surface area contributed by atoms with E-state index in [0.717, 1.165) is 41.6 Å². The van der Waals surface area contributed by atoms with Crippen molar-refractivity contribution < 1.29 is 9.59 Å². The van der Waals surface area contributed by atoms with E-state index in [1.807, 2.05) is 30.3 Å². The summed E-state index contributed by atoms with van der Waals surface area (Å²) in [5, 5.41) is 4.45. The van der Waals surface area contributed by atoms with Crippen molar-refractivity contribution in [1.82, 2.24) is 15.2 Å². The first-order chi connectivity index (χ1) is 13.7. The second-order valence-corrected chi connectivity index (χ2v) is 7.71. The lowest BCUT2D eigenvalue weighted by molar-refractivity contribution is -0.122. The van der Waals surface area contributed by atoms with Gasteiger partial charge in [0.05, 0.1) is 6.04 Å². The van der Waals surface area contributed by atoms with Crippen LogP contribution in [0.5, 0.6) is 0 Å². The summed E-state index contributed by atoms with van der Waals surface area (Å²) in [7, 11) is 0. The van der Waals surface area contributed by atoms with Gasteiger partial charge in [0.2, 0.25) is 5.91 Å². The number of benzene rings is 2. The standard InChI is InChI=1S/C23H23N3O2/c27-21(12-13-26-14-15-6-1-2-7-16(15)23(26)28)24-20-11-5-9-18-17-8-3-4-10-19(17)25-22(18)20/h1-4,6-8,10,20,25H,5,9,11-14H2,(H,24,27)/t20-/m0/s1. The van der Waals surface area contributed by atoms with E-state index in [1.165, 1.54) is 10.9 Å². The van der Waals surface area contributed by atoms with Crippen molar-refractivity contribution in [2.24, 2.45) is 0 Å². The normalized spacial score (nSPS) is 18.2. The second kappa shape index (κ2) is 6.82. The molecule has 0 bridgehead atoms. The molecule has 2 N–H and O–H groups in total. The number of H-pyrrole nitrogens is 1. The average molecular weight is 373 g/mol.